The molecule has 0 saturated carbocycles. The van der Waals surface area contributed by atoms with Crippen molar-refractivity contribution in [3.8, 4) is 0 Å². The largest absolute Gasteiger partial charge is 0.478 e. The molecule has 22 heavy (non-hydrogen) atoms. The molecule has 0 fully saturated rings. The molecule has 0 spiro atoms. The Bertz CT molecular complexity index is 963. The minimum atomic E-state index is -1.000. The Morgan fingerprint density at radius 2 is 1.45 bits per heavy atom. The molecule has 0 aliphatic carbocycles. The summed E-state index contributed by atoms with van der Waals surface area (Å²) in [5.41, 5.74) is 0.388. The molecule has 0 amide bonds. The summed E-state index contributed by atoms with van der Waals surface area (Å²) in [5, 5.41) is 21.5. The van der Waals surface area contributed by atoms with E-state index in [4.69, 9.17) is 10.2 Å². The molecular formula is C16H8Br2O4. The Morgan fingerprint density at radius 1 is 0.773 bits per heavy atom. The molecule has 0 aliphatic rings. The standard InChI is InChI=1S/C16H8Br2O4/c17-12-5-8-3-9(16(21)22)6-13(18)14(8)10-2-1-7(15(19)20)4-11(10)12/h1-6H,(H,19,20)(H,21,22). The topological polar surface area (TPSA) is 74.6 Å². The van der Waals surface area contributed by atoms with Gasteiger partial charge in [-0.1, -0.05) is 37.9 Å². The minimum absolute atomic E-state index is 0.188. The number of fused-ring (bicyclic) bond motifs is 3. The van der Waals surface area contributed by atoms with E-state index in [2.05, 4.69) is 31.9 Å². The predicted octanol–water partition coefficient (Wildman–Crippen LogP) is 4.91. The Kier molecular flexibility index (Phi) is 3.66. The number of carboxylic acid groups (broad SMARTS) is 2. The fourth-order valence-corrected chi connectivity index (χ4v) is 3.72. The molecule has 2 N–H and O–H groups in total. The van der Waals surface area contributed by atoms with Crippen molar-refractivity contribution in [2.75, 3.05) is 0 Å². The molecule has 110 valence electrons. The lowest BCUT2D eigenvalue weighted by molar-refractivity contribution is 0.0686. The van der Waals surface area contributed by atoms with Gasteiger partial charge in [-0.3, -0.25) is 0 Å². The average Bonchev–Trinajstić information content (AvgIpc) is 2.46. The zero-order valence-corrected chi connectivity index (χ0v) is 14.1. The summed E-state index contributed by atoms with van der Waals surface area (Å²) in [6.45, 7) is 0. The number of halogens is 2. The van der Waals surface area contributed by atoms with Gasteiger partial charge in [0.2, 0.25) is 0 Å². The van der Waals surface area contributed by atoms with Gasteiger partial charge in [0, 0.05) is 14.3 Å². The molecule has 0 atom stereocenters. The van der Waals surface area contributed by atoms with Crippen molar-refractivity contribution in [3.05, 3.63) is 56.5 Å². The van der Waals surface area contributed by atoms with Gasteiger partial charge in [-0.2, -0.15) is 0 Å². The van der Waals surface area contributed by atoms with Crippen molar-refractivity contribution in [1.29, 1.82) is 0 Å². The molecule has 0 aromatic heterocycles. The van der Waals surface area contributed by atoms with E-state index in [0.717, 1.165) is 21.5 Å². The average molecular weight is 424 g/mol. The first kappa shape index (κ1) is 15.0. The van der Waals surface area contributed by atoms with E-state index in [1.54, 1.807) is 30.3 Å². The predicted molar refractivity (Wildman–Crippen MR) is 90.8 cm³/mol. The van der Waals surface area contributed by atoms with Crippen molar-refractivity contribution < 1.29 is 19.8 Å². The van der Waals surface area contributed by atoms with E-state index >= 15 is 0 Å². The third kappa shape index (κ3) is 2.38. The van der Waals surface area contributed by atoms with Gasteiger partial charge in [0.15, 0.2) is 0 Å². The number of hydrogen-bond acceptors (Lipinski definition) is 2. The number of carboxylic acids is 2. The van der Waals surface area contributed by atoms with Gasteiger partial charge >= 0.3 is 11.9 Å². The Morgan fingerprint density at radius 3 is 2.09 bits per heavy atom. The van der Waals surface area contributed by atoms with E-state index in [0.29, 0.717) is 8.95 Å². The van der Waals surface area contributed by atoms with Crippen LogP contribution in [0.25, 0.3) is 21.5 Å². The third-order valence-electron chi connectivity index (χ3n) is 3.44. The maximum absolute atomic E-state index is 11.2. The molecule has 3 rings (SSSR count). The van der Waals surface area contributed by atoms with Crippen LogP contribution in [0.2, 0.25) is 0 Å². The second-order valence-corrected chi connectivity index (χ2v) is 6.49. The van der Waals surface area contributed by atoms with E-state index in [-0.39, 0.29) is 11.1 Å². The highest BCUT2D eigenvalue weighted by Crippen LogP contribution is 2.37. The summed E-state index contributed by atoms with van der Waals surface area (Å²) in [5.74, 6) is -1.99. The maximum atomic E-state index is 11.2. The van der Waals surface area contributed by atoms with Gasteiger partial charge in [-0.15, -0.1) is 0 Å². The zero-order chi connectivity index (χ0) is 16.0. The minimum Gasteiger partial charge on any atom is -0.478 e. The highest BCUT2D eigenvalue weighted by molar-refractivity contribution is 9.11. The highest BCUT2D eigenvalue weighted by atomic mass is 79.9. The van der Waals surface area contributed by atoms with Gasteiger partial charge in [-0.25, -0.2) is 9.59 Å². The number of hydrogen-bond donors (Lipinski definition) is 2. The third-order valence-corrected chi connectivity index (χ3v) is 4.72. The van der Waals surface area contributed by atoms with Crippen LogP contribution in [0, 0.1) is 0 Å². The van der Waals surface area contributed by atoms with Crippen LogP contribution in [0.15, 0.2) is 45.3 Å². The SMILES string of the molecule is O=C(O)c1cc(Br)c2c(c1)cc(Br)c1cc(C(=O)O)ccc12. The van der Waals surface area contributed by atoms with E-state index in [9.17, 15) is 9.59 Å². The Labute approximate surface area is 141 Å². The molecule has 0 heterocycles. The van der Waals surface area contributed by atoms with E-state index < -0.39 is 11.9 Å². The van der Waals surface area contributed by atoms with Crippen molar-refractivity contribution in [2.45, 2.75) is 0 Å². The van der Waals surface area contributed by atoms with Crippen LogP contribution in [0.5, 0.6) is 0 Å². The van der Waals surface area contributed by atoms with Crippen LogP contribution in [0.3, 0.4) is 0 Å². The van der Waals surface area contributed by atoms with Crippen molar-refractivity contribution >= 4 is 65.3 Å². The summed E-state index contributed by atoms with van der Waals surface area (Å²) in [6.07, 6.45) is 0. The highest BCUT2D eigenvalue weighted by Gasteiger charge is 2.14. The van der Waals surface area contributed by atoms with Crippen LogP contribution >= 0.6 is 31.9 Å². The first-order valence-electron chi connectivity index (χ1n) is 6.20. The molecule has 0 radical (unpaired) electrons. The molecule has 4 nitrogen and oxygen atoms in total. The second kappa shape index (κ2) is 5.37. The van der Waals surface area contributed by atoms with Gasteiger partial charge in [-0.05, 0) is 46.5 Å². The number of carbonyl (C=O) groups is 2. The summed E-state index contributed by atoms with van der Waals surface area (Å²) in [7, 11) is 0. The smallest absolute Gasteiger partial charge is 0.335 e. The zero-order valence-electron chi connectivity index (χ0n) is 10.9. The molecule has 3 aromatic carbocycles. The summed E-state index contributed by atoms with van der Waals surface area (Å²) >= 11 is 6.85. The van der Waals surface area contributed by atoms with Crippen LogP contribution in [0.1, 0.15) is 20.7 Å². The summed E-state index contributed by atoms with van der Waals surface area (Å²) in [6, 6.07) is 9.80. The van der Waals surface area contributed by atoms with Gasteiger partial charge in [0.1, 0.15) is 0 Å². The second-order valence-electron chi connectivity index (χ2n) is 4.79. The lowest BCUT2D eigenvalue weighted by Gasteiger charge is -2.10. The fraction of sp³-hybridized carbons (Fsp3) is 0. The van der Waals surface area contributed by atoms with Crippen molar-refractivity contribution in [3.63, 3.8) is 0 Å². The lowest BCUT2D eigenvalue weighted by atomic mass is 9.98. The quantitative estimate of drug-likeness (QED) is 0.574. The molecule has 6 heteroatoms. The maximum Gasteiger partial charge on any atom is 0.335 e. The molecule has 0 bridgehead atoms. The summed E-state index contributed by atoms with van der Waals surface area (Å²) < 4.78 is 1.37. The first-order chi connectivity index (χ1) is 10.4. The van der Waals surface area contributed by atoms with E-state index in [1.807, 2.05) is 0 Å². The fourth-order valence-electron chi connectivity index (χ4n) is 2.46. The molecular weight excluding hydrogens is 416 g/mol. The first-order valence-corrected chi connectivity index (χ1v) is 7.79. The summed E-state index contributed by atoms with van der Waals surface area (Å²) in [4.78, 5) is 22.3. The monoisotopic (exact) mass is 422 g/mol. The van der Waals surface area contributed by atoms with Gasteiger partial charge in [0.05, 0.1) is 11.1 Å². The number of benzene rings is 3. The molecule has 0 unspecified atom stereocenters. The van der Waals surface area contributed by atoms with Crippen LogP contribution in [0.4, 0.5) is 0 Å². The molecule has 0 aliphatic heterocycles. The van der Waals surface area contributed by atoms with Crippen LogP contribution in [-0.4, -0.2) is 22.2 Å². The van der Waals surface area contributed by atoms with Crippen molar-refractivity contribution in [2.24, 2.45) is 0 Å². The van der Waals surface area contributed by atoms with Gasteiger partial charge < -0.3 is 10.2 Å². The normalized spacial score (nSPS) is 11.0. The lowest BCUT2D eigenvalue weighted by Crippen LogP contribution is -1.98. The van der Waals surface area contributed by atoms with Crippen molar-refractivity contribution in [1.82, 2.24) is 0 Å². The van der Waals surface area contributed by atoms with Crippen LogP contribution < -0.4 is 0 Å². The van der Waals surface area contributed by atoms with E-state index in [1.165, 1.54) is 6.07 Å². The number of aromatic carboxylic acids is 2. The number of rotatable bonds is 2. The van der Waals surface area contributed by atoms with Crippen LogP contribution in [-0.2, 0) is 0 Å². The Balaban J connectivity index is 2.45. The van der Waals surface area contributed by atoms with Gasteiger partial charge in [0.25, 0.3) is 0 Å². The molecule has 0 saturated heterocycles. The Hall–Kier alpha value is -1.92. The molecule has 3 aromatic rings.